The van der Waals surface area contributed by atoms with Gasteiger partial charge in [0.2, 0.25) is 5.91 Å². The summed E-state index contributed by atoms with van der Waals surface area (Å²) in [6, 6.07) is 0. The highest BCUT2D eigenvalue weighted by molar-refractivity contribution is 7.17. The molecule has 0 radical (unpaired) electrons. The molecular weight excluding hydrogens is 252 g/mol. The lowest BCUT2D eigenvalue weighted by Gasteiger charge is -2.06. The van der Waals surface area contributed by atoms with E-state index in [1.165, 1.54) is 0 Å². The number of amides is 1. The summed E-state index contributed by atoms with van der Waals surface area (Å²) in [5, 5.41) is 3.10. The number of carbonyl (C=O) groups excluding carboxylic acids is 2. The lowest BCUT2D eigenvalue weighted by atomic mass is 10.2. The molecule has 18 heavy (non-hydrogen) atoms. The third-order valence-corrected chi connectivity index (χ3v) is 3.13. The van der Waals surface area contributed by atoms with Crippen molar-refractivity contribution in [3.8, 4) is 0 Å². The van der Waals surface area contributed by atoms with Crippen LogP contribution in [0, 0.1) is 12.8 Å². The van der Waals surface area contributed by atoms with Crippen LogP contribution >= 0.6 is 11.3 Å². The molecule has 0 saturated carbocycles. The minimum Gasteiger partial charge on any atom is -0.459 e. The predicted octanol–water partition coefficient (Wildman–Crippen LogP) is 2.61. The molecule has 0 atom stereocenters. The summed E-state index contributed by atoms with van der Waals surface area (Å²) in [6.45, 7) is 8.89. The minimum absolute atomic E-state index is 0.118. The van der Waals surface area contributed by atoms with Crippen molar-refractivity contribution in [3.05, 3.63) is 10.6 Å². The first-order chi connectivity index (χ1) is 8.31. The van der Waals surface area contributed by atoms with E-state index in [0.717, 1.165) is 11.3 Å². The maximum absolute atomic E-state index is 11.7. The second-order valence-corrected chi connectivity index (χ2v) is 5.53. The molecule has 1 aromatic heterocycles. The number of hydrogen-bond acceptors (Lipinski definition) is 5. The fraction of sp³-hybridized carbons (Fsp3) is 0.583. The van der Waals surface area contributed by atoms with Crippen LogP contribution in [0.25, 0.3) is 0 Å². The van der Waals surface area contributed by atoms with E-state index in [1.54, 1.807) is 34.6 Å². The second kappa shape index (κ2) is 5.95. The summed E-state index contributed by atoms with van der Waals surface area (Å²) < 4.78 is 5.10. The number of ether oxygens (including phenoxy) is 1. The Morgan fingerprint density at radius 3 is 2.39 bits per heavy atom. The molecule has 0 aromatic carbocycles. The number of nitrogens with zero attached hydrogens (tertiary/aromatic N) is 1. The highest BCUT2D eigenvalue weighted by atomic mass is 32.1. The van der Waals surface area contributed by atoms with E-state index < -0.39 is 5.97 Å². The van der Waals surface area contributed by atoms with Crippen LogP contribution in [0.15, 0.2) is 0 Å². The van der Waals surface area contributed by atoms with Gasteiger partial charge in [0.05, 0.1) is 11.8 Å². The van der Waals surface area contributed by atoms with Crippen LogP contribution < -0.4 is 5.32 Å². The average molecular weight is 270 g/mol. The fourth-order valence-corrected chi connectivity index (χ4v) is 2.01. The third kappa shape index (κ3) is 3.80. The van der Waals surface area contributed by atoms with Crippen LogP contribution in [0.4, 0.5) is 5.13 Å². The summed E-state index contributed by atoms with van der Waals surface area (Å²) in [6.07, 6.45) is -0.173. The van der Waals surface area contributed by atoms with Gasteiger partial charge in [-0.05, 0) is 20.8 Å². The number of aryl methyl sites for hydroxylation is 1. The predicted molar refractivity (Wildman–Crippen MR) is 70.9 cm³/mol. The van der Waals surface area contributed by atoms with Gasteiger partial charge in [-0.25, -0.2) is 9.78 Å². The average Bonchev–Trinajstić information content (AvgIpc) is 2.58. The first kappa shape index (κ1) is 14.6. The summed E-state index contributed by atoms with van der Waals surface area (Å²) in [5.41, 5.74) is 0.574. The van der Waals surface area contributed by atoms with Crippen molar-refractivity contribution in [1.82, 2.24) is 4.98 Å². The van der Waals surface area contributed by atoms with Crippen LogP contribution in [0.2, 0.25) is 0 Å². The largest absolute Gasteiger partial charge is 0.459 e. The topological polar surface area (TPSA) is 68.3 Å². The van der Waals surface area contributed by atoms with Crippen LogP contribution in [0.3, 0.4) is 0 Å². The van der Waals surface area contributed by atoms with Crippen LogP contribution in [0.1, 0.15) is 43.1 Å². The molecule has 100 valence electrons. The van der Waals surface area contributed by atoms with Crippen LogP contribution in [-0.2, 0) is 9.53 Å². The van der Waals surface area contributed by atoms with Gasteiger partial charge < -0.3 is 10.1 Å². The number of aromatic nitrogens is 1. The van der Waals surface area contributed by atoms with Crippen molar-refractivity contribution in [3.63, 3.8) is 0 Å². The number of anilines is 1. The Morgan fingerprint density at radius 2 is 1.89 bits per heavy atom. The zero-order chi connectivity index (χ0) is 13.9. The zero-order valence-corrected chi connectivity index (χ0v) is 12.1. The molecule has 0 aliphatic heterocycles. The Hall–Kier alpha value is -1.43. The molecule has 1 rings (SSSR count). The van der Waals surface area contributed by atoms with Gasteiger partial charge in [0.25, 0.3) is 0 Å². The molecule has 0 aliphatic carbocycles. The fourth-order valence-electron chi connectivity index (χ4n) is 1.16. The van der Waals surface area contributed by atoms with E-state index in [0.29, 0.717) is 15.7 Å². The van der Waals surface area contributed by atoms with Crippen molar-refractivity contribution < 1.29 is 14.3 Å². The Kier molecular flexibility index (Phi) is 4.84. The normalized spacial score (nSPS) is 10.8. The summed E-state index contributed by atoms with van der Waals surface area (Å²) >= 11 is 1.14. The molecule has 6 heteroatoms. The quantitative estimate of drug-likeness (QED) is 0.854. The molecular formula is C12H18N2O3S. The Balaban J connectivity index is 2.82. The Bertz CT molecular complexity index is 452. The molecule has 5 nitrogen and oxygen atoms in total. The highest BCUT2D eigenvalue weighted by Crippen LogP contribution is 2.24. The van der Waals surface area contributed by atoms with Gasteiger partial charge in [0.15, 0.2) is 5.13 Å². The molecule has 1 N–H and O–H groups in total. The van der Waals surface area contributed by atoms with E-state index in [2.05, 4.69) is 10.3 Å². The standard InChI is InChI=1S/C12H18N2O3S/c1-6(2)10(15)14-12-13-8(5)9(18-12)11(16)17-7(3)4/h6-7H,1-5H3,(H,13,14,15). The van der Waals surface area contributed by atoms with Gasteiger partial charge in [0.1, 0.15) is 4.88 Å². The number of hydrogen-bond donors (Lipinski definition) is 1. The van der Waals surface area contributed by atoms with E-state index in [4.69, 9.17) is 4.74 Å². The number of thiazole rings is 1. The van der Waals surface area contributed by atoms with Crippen molar-refractivity contribution in [2.75, 3.05) is 5.32 Å². The number of esters is 1. The maximum atomic E-state index is 11.7. The molecule has 0 saturated heterocycles. The number of carbonyl (C=O) groups is 2. The molecule has 0 aliphatic rings. The smallest absolute Gasteiger partial charge is 0.350 e. The second-order valence-electron chi connectivity index (χ2n) is 4.53. The van der Waals surface area contributed by atoms with E-state index in [9.17, 15) is 9.59 Å². The molecule has 1 amide bonds. The van der Waals surface area contributed by atoms with Gasteiger partial charge >= 0.3 is 5.97 Å². The Labute approximate surface area is 111 Å². The first-order valence-electron chi connectivity index (χ1n) is 5.80. The van der Waals surface area contributed by atoms with Gasteiger partial charge in [0, 0.05) is 5.92 Å². The van der Waals surface area contributed by atoms with Gasteiger partial charge in [-0.3, -0.25) is 4.79 Å². The molecule has 0 fully saturated rings. The summed E-state index contributed by atoms with van der Waals surface area (Å²) in [5.74, 6) is -0.641. The van der Waals surface area contributed by atoms with Gasteiger partial charge in [-0.15, -0.1) is 0 Å². The van der Waals surface area contributed by atoms with E-state index in [1.807, 2.05) is 0 Å². The zero-order valence-electron chi connectivity index (χ0n) is 11.2. The number of rotatable bonds is 4. The van der Waals surface area contributed by atoms with Gasteiger partial charge in [-0.1, -0.05) is 25.2 Å². The molecule has 1 aromatic rings. The van der Waals surface area contributed by atoms with Crippen molar-refractivity contribution in [1.29, 1.82) is 0 Å². The van der Waals surface area contributed by atoms with Crippen molar-refractivity contribution >= 4 is 28.3 Å². The molecule has 0 bridgehead atoms. The monoisotopic (exact) mass is 270 g/mol. The lowest BCUT2D eigenvalue weighted by molar-refractivity contribution is -0.118. The highest BCUT2D eigenvalue weighted by Gasteiger charge is 2.19. The molecule has 0 unspecified atom stereocenters. The third-order valence-electron chi connectivity index (χ3n) is 2.08. The lowest BCUT2D eigenvalue weighted by Crippen LogP contribution is -2.17. The minimum atomic E-state index is -0.398. The molecule has 1 heterocycles. The van der Waals surface area contributed by atoms with Crippen molar-refractivity contribution in [2.24, 2.45) is 5.92 Å². The summed E-state index contributed by atoms with van der Waals surface area (Å²) in [7, 11) is 0. The first-order valence-corrected chi connectivity index (χ1v) is 6.62. The van der Waals surface area contributed by atoms with Crippen LogP contribution in [0.5, 0.6) is 0 Å². The Morgan fingerprint density at radius 1 is 1.28 bits per heavy atom. The number of nitrogens with one attached hydrogen (secondary N) is 1. The van der Waals surface area contributed by atoms with Crippen molar-refractivity contribution in [2.45, 2.75) is 40.7 Å². The van der Waals surface area contributed by atoms with E-state index >= 15 is 0 Å². The van der Waals surface area contributed by atoms with Crippen LogP contribution in [-0.4, -0.2) is 23.0 Å². The maximum Gasteiger partial charge on any atom is 0.350 e. The SMILES string of the molecule is Cc1nc(NC(=O)C(C)C)sc1C(=O)OC(C)C. The summed E-state index contributed by atoms with van der Waals surface area (Å²) in [4.78, 5) is 27.8. The van der Waals surface area contributed by atoms with E-state index in [-0.39, 0.29) is 17.9 Å². The van der Waals surface area contributed by atoms with Gasteiger partial charge in [-0.2, -0.15) is 0 Å². The molecule has 0 spiro atoms.